The van der Waals surface area contributed by atoms with Gasteiger partial charge >= 0.3 is 0 Å². The van der Waals surface area contributed by atoms with Crippen LogP contribution in [-0.4, -0.2) is 44.0 Å². The highest BCUT2D eigenvalue weighted by molar-refractivity contribution is 5.60. The molecule has 0 spiro atoms. The maximum Gasteiger partial charge on any atom is 0.129 e. The summed E-state index contributed by atoms with van der Waals surface area (Å²) < 4.78 is 5.39. The van der Waals surface area contributed by atoms with Crippen LogP contribution in [0.2, 0.25) is 0 Å². The maximum atomic E-state index is 11.2. The maximum absolute atomic E-state index is 11.2. The quantitative estimate of drug-likeness (QED) is 0.685. The fraction of sp³-hybridized carbons (Fsp3) is 0.923. The van der Waals surface area contributed by atoms with Gasteiger partial charge in [-0.3, -0.25) is 0 Å². The minimum absolute atomic E-state index is 0.201. The van der Waals surface area contributed by atoms with Crippen molar-refractivity contribution in [1.82, 2.24) is 4.90 Å². The lowest BCUT2D eigenvalue weighted by Gasteiger charge is -2.29. The molecule has 2 saturated heterocycles. The number of aldehydes is 1. The molecular weight excluding hydrogens is 202 g/mol. The Balaban J connectivity index is 1.89. The number of carbonyl (C=O) groups excluding carboxylic acids is 1. The minimum Gasteiger partial charge on any atom is -0.380 e. The predicted molar refractivity (Wildman–Crippen MR) is 63.4 cm³/mol. The van der Waals surface area contributed by atoms with Gasteiger partial charge in [0.05, 0.1) is 12.0 Å². The van der Waals surface area contributed by atoms with Crippen LogP contribution in [0.4, 0.5) is 0 Å². The number of hydrogen-bond acceptors (Lipinski definition) is 3. The van der Waals surface area contributed by atoms with Crippen LogP contribution in [0.15, 0.2) is 0 Å². The lowest BCUT2D eigenvalue weighted by molar-refractivity contribution is -0.117. The zero-order valence-corrected chi connectivity index (χ0v) is 10.3. The molecular formula is C13H23NO2. The van der Waals surface area contributed by atoms with Crippen LogP contribution in [-0.2, 0) is 9.53 Å². The molecule has 2 unspecified atom stereocenters. The van der Waals surface area contributed by atoms with Gasteiger partial charge in [-0.05, 0) is 44.7 Å². The number of hydrogen-bond donors (Lipinski definition) is 0. The van der Waals surface area contributed by atoms with Crippen molar-refractivity contribution >= 4 is 6.29 Å². The summed E-state index contributed by atoms with van der Waals surface area (Å²) in [5.41, 5.74) is -0.201. The van der Waals surface area contributed by atoms with Crippen LogP contribution in [0.1, 0.15) is 32.6 Å². The van der Waals surface area contributed by atoms with E-state index in [1.807, 2.05) is 0 Å². The molecule has 16 heavy (non-hydrogen) atoms. The molecule has 0 aromatic rings. The minimum atomic E-state index is -0.201. The van der Waals surface area contributed by atoms with Crippen LogP contribution in [0.3, 0.4) is 0 Å². The number of likely N-dealkylation sites (tertiary alicyclic amines) is 1. The Morgan fingerprint density at radius 3 is 3.00 bits per heavy atom. The molecule has 0 N–H and O–H groups in total. The van der Waals surface area contributed by atoms with Crippen molar-refractivity contribution in [2.45, 2.75) is 32.6 Å². The molecule has 92 valence electrons. The van der Waals surface area contributed by atoms with Gasteiger partial charge in [-0.15, -0.1) is 0 Å². The van der Waals surface area contributed by atoms with E-state index in [0.29, 0.717) is 6.61 Å². The Hall–Kier alpha value is -0.410. The summed E-state index contributed by atoms with van der Waals surface area (Å²) in [5.74, 6) is 0.844. The molecule has 0 aromatic heterocycles. The van der Waals surface area contributed by atoms with Gasteiger partial charge in [0, 0.05) is 13.2 Å². The van der Waals surface area contributed by atoms with Crippen molar-refractivity contribution in [2.24, 2.45) is 11.3 Å². The van der Waals surface area contributed by atoms with Gasteiger partial charge in [-0.25, -0.2) is 0 Å². The number of carbonyl (C=O) groups is 1. The highest BCUT2D eigenvalue weighted by Crippen LogP contribution is 2.28. The normalized spacial score (nSPS) is 37.2. The van der Waals surface area contributed by atoms with E-state index in [0.717, 1.165) is 44.9 Å². The summed E-state index contributed by atoms with van der Waals surface area (Å²) in [6, 6.07) is 0. The second-order valence-electron chi connectivity index (χ2n) is 5.60. The lowest BCUT2D eigenvalue weighted by Crippen LogP contribution is -2.40. The van der Waals surface area contributed by atoms with Crippen molar-refractivity contribution in [1.29, 1.82) is 0 Å². The highest BCUT2D eigenvalue weighted by Gasteiger charge is 2.36. The summed E-state index contributed by atoms with van der Waals surface area (Å²) in [4.78, 5) is 13.7. The first-order chi connectivity index (χ1) is 7.74. The van der Waals surface area contributed by atoms with E-state index in [-0.39, 0.29) is 5.41 Å². The monoisotopic (exact) mass is 225 g/mol. The highest BCUT2D eigenvalue weighted by atomic mass is 16.5. The lowest BCUT2D eigenvalue weighted by atomic mass is 9.88. The first-order valence-electron chi connectivity index (χ1n) is 6.50. The number of nitrogens with zero attached hydrogens (tertiary/aromatic N) is 1. The average Bonchev–Trinajstić information content (AvgIpc) is 2.66. The third-order valence-electron chi connectivity index (χ3n) is 4.03. The van der Waals surface area contributed by atoms with Crippen LogP contribution in [0.25, 0.3) is 0 Å². The second-order valence-corrected chi connectivity index (χ2v) is 5.60. The molecule has 0 aromatic carbocycles. The van der Waals surface area contributed by atoms with E-state index in [4.69, 9.17) is 4.74 Å². The zero-order valence-electron chi connectivity index (χ0n) is 10.3. The van der Waals surface area contributed by atoms with Gasteiger partial charge in [0.1, 0.15) is 6.29 Å². The summed E-state index contributed by atoms with van der Waals surface area (Å²) in [7, 11) is 0. The van der Waals surface area contributed by atoms with Gasteiger partial charge < -0.3 is 14.4 Å². The van der Waals surface area contributed by atoms with E-state index in [9.17, 15) is 4.79 Å². The zero-order chi connectivity index (χ0) is 11.4. The summed E-state index contributed by atoms with van der Waals surface area (Å²) in [5, 5.41) is 0. The van der Waals surface area contributed by atoms with Gasteiger partial charge in [0.2, 0.25) is 0 Å². The Labute approximate surface area is 98.1 Å². The van der Waals surface area contributed by atoms with Crippen molar-refractivity contribution in [3.8, 4) is 0 Å². The summed E-state index contributed by atoms with van der Waals surface area (Å²) in [6.45, 7) is 6.92. The summed E-state index contributed by atoms with van der Waals surface area (Å²) >= 11 is 0. The van der Waals surface area contributed by atoms with Gasteiger partial charge in [-0.2, -0.15) is 0 Å². The largest absolute Gasteiger partial charge is 0.380 e. The van der Waals surface area contributed by atoms with E-state index >= 15 is 0 Å². The van der Waals surface area contributed by atoms with Gasteiger partial charge in [0.25, 0.3) is 0 Å². The topological polar surface area (TPSA) is 29.5 Å². The third kappa shape index (κ3) is 2.83. The molecule has 2 rings (SSSR count). The molecule has 0 radical (unpaired) electrons. The van der Waals surface area contributed by atoms with Crippen molar-refractivity contribution in [2.75, 3.05) is 32.8 Å². The molecule has 2 heterocycles. The average molecular weight is 225 g/mol. The summed E-state index contributed by atoms with van der Waals surface area (Å²) in [6.07, 6.45) is 5.92. The van der Waals surface area contributed by atoms with E-state index in [1.165, 1.54) is 19.3 Å². The van der Waals surface area contributed by atoms with Crippen LogP contribution >= 0.6 is 0 Å². The van der Waals surface area contributed by atoms with Crippen LogP contribution < -0.4 is 0 Å². The number of rotatable bonds is 3. The standard InChI is InChI=1S/C13H23NO2/c1-12-3-2-6-14(7-4-12)9-13(10-15)5-8-16-11-13/h10,12H,2-9,11H2,1H3. The Bertz CT molecular complexity index is 236. The predicted octanol–water partition coefficient (Wildman–Crippen LogP) is 1.71. The Morgan fingerprint density at radius 1 is 1.44 bits per heavy atom. The fourth-order valence-electron chi connectivity index (χ4n) is 2.80. The Kier molecular flexibility index (Phi) is 3.98. The molecule has 2 aliphatic heterocycles. The van der Waals surface area contributed by atoms with Crippen molar-refractivity contribution in [3.05, 3.63) is 0 Å². The molecule has 2 atom stereocenters. The number of ether oxygens (including phenoxy) is 1. The van der Waals surface area contributed by atoms with E-state index in [2.05, 4.69) is 11.8 Å². The van der Waals surface area contributed by atoms with Gasteiger partial charge in [0.15, 0.2) is 0 Å². The molecule has 3 nitrogen and oxygen atoms in total. The van der Waals surface area contributed by atoms with Crippen molar-refractivity contribution < 1.29 is 9.53 Å². The second kappa shape index (κ2) is 5.28. The molecule has 3 heteroatoms. The first kappa shape index (κ1) is 12.1. The molecule has 0 aliphatic carbocycles. The third-order valence-corrected chi connectivity index (χ3v) is 4.03. The van der Waals surface area contributed by atoms with Crippen LogP contribution in [0.5, 0.6) is 0 Å². The van der Waals surface area contributed by atoms with Crippen LogP contribution in [0, 0.1) is 11.3 Å². The molecule has 0 amide bonds. The molecule has 2 fully saturated rings. The van der Waals surface area contributed by atoms with Crippen molar-refractivity contribution in [3.63, 3.8) is 0 Å². The van der Waals surface area contributed by atoms with Gasteiger partial charge in [-0.1, -0.05) is 6.92 Å². The smallest absolute Gasteiger partial charge is 0.129 e. The SMILES string of the molecule is CC1CCCN(CC2(C=O)CCOC2)CC1. The van der Waals surface area contributed by atoms with E-state index in [1.54, 1.807) is 0 Å². The first-order valence-corrected chi connectivity index (χ1v) is 6.50. The fourth-order valence-corrected chi connectivity index (χ4v) is 2.80. The Morgan fingerprint density at radius 2 is 2.31 bits per heavy atom. The molecule has 0 bridgehead atoms. The molecule has 0 saturated carbocycles. The molecule has 2 aliphatic rings. The van der Waals surface area contributed by atoms with E-state index < -0.39 is 0 Å².